The van der Waals surface area contributed by atoms with Gasteiger partial charge in [-0.1, -0.05) is 0 Å². The lowest BCUT2D eigenvalue weighted by Gasteiger charge is -2.08. The first-order valence-electron chi connectivity index (χ1n) is 7.08. The fourth-order valence-electron chi connectivity index (χ4n) is 2.02. The van der Waals surface area contributed by atoms with Crippen LogP contribution in [0.2, 0.25) is 0 Å². The number of hydrogen-bond donors (Lipinski definition) is 1. The Bertz CT molecular complexity index is 764. The van der Waals surface area contributed by atoms with Crippen LogP contribution in [0.15, 0.2) is 35.4 Å². The second-order valence-corrected chi connectivity index (χ2v) is 7.14. The van der Waals surface area contributed by atoms with E-state index in [2.05, 4.69) is 55.7 Å². The van der Waals surface area contributed by atoms with E-state index < -0.39 is 0 Å². The number of benzene rings is 2. The molecule has 0 aliphatic carbocycles. The van der Waals surface area contributed by atoms with Crippen molar-refractivity contribution in [2.75, 3.05) is 21.3 Å². The fraction of sp³-hybridized carbons (Fsp3) is 0.176. The first-order chi connectivity index (χ1) is 12.0. The van der Waals surface area contributed by atoms with E-state index in [0.29, 0.717) is 17.1 Å². The highest BCUT2D eigenvalue weighted by Gasteiger charge is 2.10. The number of nitrogens with zero attached hydrogens (tertiary/aromatic N) is 1. The van der Waals surface area contributed by atoms with Crippen LogP contribution in [0, 0.1) is 7.14 Å². The molecule has 1 N–H and O–H groups in total. The first-order valence-corrected chi connectivity index (χ1v) is 9.23. The van der Waals surface area contributed by atoms with Crippen LogP contribution in [0.5, 0.6) is 17.2 Å². The average molecular weight is 566 g/mol. The van der Waals surface area contributed by atoms with Crippen molar-refractivity contribution in [2.24, 2.45) is 5.10 Å². The van der Waals surface area contributed by atoms with Crippen LogP contribution >= 0.6 is 45.2 Å². The maximum atomic E-state index is 12.2. The minimum Gasteiger partial charge on any atom is -0.497 e. The molecule has 1 amide bonds. The van der Waals surface area contributed by atoms with Gasteiger partial charge in [-0.05, 0) is 75.0 Å². The number of rotatable bonds is 6. The van der Waals surface area contributed by atoms with Gasteiger partial charge in [-0.15, -0.1) is 0 Å². The molecule has 0 fully saturated rings. The van der Waals surface area contributed by atoms with Crippen molar-refractivity contribution in [2.45, 2.75) is 0 Å². The average Bonchev–Trinajstić information content (AvgIpc) is 2.60. The molecular formula is C17H16I2N2O4. The SMILES string of the molecule is COc1cc(OC)cc(C(=O)N/N=C\c2cc(I)c(OC)c(I)c2)c1. The van der Waals surface area contributed by atoms with Gasteiger partial charge in [-0.2, -0.15) is 5.10 Å². The van der Waals surface area contributed by atoms with E-state index in [4.69, 9.17) is 14.2 Å². The van der Waals surface area contributed by atoms with Gasteiger partial charge in [-0.25, -0.2) is 5.43 Å². The number of nitrogens with one attached hydrogen (secondary N) is 1. The van der Waals surface area contributed by atoms with Crippen LogP contribution in [-0.2, 0) is 0 Å². The van der Waals surface area contributed by atoms with Gasteiger partial charge in [-0.3, -0.25) is 4.79 Å². The van der Waals surface area contributed by atoms with E-state index in [9.17, 15) is 4.79 Å². The molecular weight excluding hydrogens is 550 g/mol. The predicted molar refractivity (Wildman–Crippen MR) is 113 cm³/mol. The standard InChI is InChI=1S/C17H16I2N2O4/c1-23-12-6-11(7-13(8-12)24-2)17(22)21-20-9-10-4-14(18)16(25-3)15(19)5-10/h4-9H,1-3H3,(H,21,22)/b20-9-. The maximum Gasteiger partial charge on any atom is 0.271 e. The van der Waals surface area contributed by atoms with Gasteiger partial charge in [0.1, 0.15) is 17.2 Å². The predicted octanol–water partition coefficient (Wildman–Crippen LogP) is 3.69. The first kappa shape index (κ1) is 19.8. The lowest BCUT2D eigenvalue weighted by Crippen LogP contribution is -2.17. The summed E-state index contributed by atoms with van der Waals surface area (Å²) >= 11 is 4.39. The van der Waals surface area contributed by atoms with Crippen LogP contribution < -0.4 is 19.6 Å². The molecule has 0 heterocycles. The molecule has 0 radical (unpaired) electrons. The molecule has 0 aromatic heterocycles. The number of ether oxygens (including phenoxy) is 3. The van der Waals surface area contributed by atoms with Crippen molar-refractivity contribution < 1.29 is 19.0 Å². The Balaban J connectivity index is 2.13. The lowest BCUT2D eigenvalue weighted by molar-refractivity contribution is 0.0954. The van der Waals surface area contributed by atoms with Gasteiger partial charge in [0.05, 0.1) is 34.7 Å². The number of hydrazone groups is 1. The summed E-state index contributed by atoms with van der Waals surface area (Å²) in [5, 5.41) is 4.01. The number of carbonyl (C=O) groups is 1. The number of amides is 1. The van der Waals surface area contributed by atoms with Crippen molar-refractivity contribution >= 4 is 57.3 Å². The monoisotopic (exact) mass is 566 g/mol. The van der Waals surface area contributed by atoms with Gasteiger partial charge < -0.3 is 14.2 Å². The molecule has 0 unspecified atom stereocenters. The highest BCUT2D eigenvalue weighted by Crippen LogP contribution is 2.28. The Morgan fingerprint density at radius 3 is 2.00 bits per heavy atom. The summed E-state index contributed by atoms with van der Waals surface area (Å²) in [5.41, 5.74) is 3.76. The van der Waals surface area contributed by atoms with Gasteiger partial charge in [0.2, 0.25) is 0 Å². The number of carbonyl (C=O) groups excluding carboxylic acids is 1. The van der Waals surface area contributed by atoms with Crippen LogP contribution in [0.1, 0.15) is 15.9 Å². The van der Waals surface area contributed by atoms with Gasteiger partial charge in [0.15, 0.2) is 0 Å². The minimum atomic E-state index is -0.355. The smallest absolute Gasteiger partial charge is 0.271 e. The summed E-state index contributed by atoms with van der Waals surface area (Å²) in [6, 6.07) is 8.78. The summed E-state index contributed by atoms with van der Waals surface area (Å²) in [5.74, 6) is 1.54. The number of halogens is 2. The fourth-order valence-corrected chi connectivity index (χ4v) is 4.27. The summed E-state index contributed by atoms with van der Waals surface area (Å²) in [4.78, 5) is 12.2. The highest BCUT2D eigenvalue weighted by atomic mass is 127. The Labute approximate surface area is 173 Å². The largest absolute Gasteiger partial charge is 0.497 e. The quantitative estimate of drug-likeness (QED) is 0.330. The second kappa shape index (κ2) is 9.22. The molecule has 132 valence electrons. The molecule has 0 spiro atoms. The molecule has 0 aliphatic rings. The topological polar surface area (TPSA) is 69.2 Å². The summed E-state index contributed by atoms with van der Waals surface area (Å²) < 4.78 is 17.6. The van der Waals surface area contributed by atoms with Crippen molar-refractivity contribution in [3.05, 3.63) is 48.6 Å². The molecule has 0 saturated heterocycles. The molecule has 2 aromatic carbocycles. The molecule has 0 aliphatic heterocycles. The van der Waals surface area contributed by atoms with E-state index >= 15 is 0 Å². The third-order valence-electron chi connectivity index (χ3n) is 3.22. The summed E-state index contributed by atoms with van der Waals surface area (Å²) in [6.45, 7) is 0. The molecule has 6 nitrogen and oxygen atoms in total. The third-order valence-corrected chi connectivity index (χ3v) is 4.82. The molecule has 8 heteroatoms. The van der Waals surface area contributed by atoms with Gasteiger partial charge >= 0.3 is 0 Å². The molecule has 2 aromatic rings. The Kier molecular flexibility index (Phi) is 7.29. The van der Waals surface area contributed by atoms with E-state index in [1.54, 1.807) is 31.5 Å². The van der Waals surface area contributed by atoms with E-state index in [1.807, 2.05) is 12.1 Å². The van der Waals surface area contributed by atoms with E-state index in [0.717, 1.165) is 18.5 Å². The van der Waals surface area contributed by atoms with Crippen LogP contribution in [0.4, 0.5) is 0 Å². The summed E-state index contributed by atoms with van der Waals surface area (Å²) in [6.07, 6.45) is 1.58. The zero-order chi connectivity index (χ0) is 18.4. The van der Waals surface area contributed by atoms with Crippen LogP contribution in [0.3, 0.4) is 0 Å². The van der Waals surface area contributed by atoms with E-state index in [-0.39, 0.29) is 5.91 Å². The molecule has 2 rings (SSSR count). The lowest BCUT2D eigenvalue weighted by atomic mass is 10.2. The molecule has 0 saturated carbocycles. The Morgan fingerprint density at radius 1 is 0.960 bits per heavy atom. The zero-order valence-corrected chi connectivity index (χ0v) is 18.1. The Morgan fingerprint density at radius 2 is 1.52 bits per heavy atom. The normalized spacial score (nSPS) is 10.6. The highest BCUT2D eigenvalue weighted by molar-refractivity contribution is 14.1. The van der Waals surface area contributed by atoms with Crippen molar-refractivity contribution in [1.29, 1.82) is 0 Å². The van der Waals surface area contributed by atoms with Crippen molar-refractivity contribution in [3.8, 4) is 17.2 Å². The van der Waals surface area contributed by atoms with Crippen LogP contribution in [-0.4, -0.2) is 33.5 Å². The summed E-state index contributed by atoms with van der Waals surface area (Å²) in [7, 11) is 4.69. The third kappa shape index (κ3) is 5.21. The Hall–Kier alpha value is -1.56. The minimum absolute atomic E-state index is 0.355. The van der Waals surface area contributed by atoms with Gasteiger partial charge in [0.25, 0.3) is 5.91 Å². The number of hydrogen-bond acceptors (Lipinski definition) is 5. The van der Waals surface area contributed by atoms with Crippen molar-refractivity contribution in [3.63, 3.8) is 0 Å². The van der Waals surface area contributed by atoms with Crippen molar-refractivity contribution in [1.82, 2.24) is 5.43 Å². The second-order valence-electron chi connectivity index (χ2n) is 4.82. The zero-order valence-electron chi connectivity index (χ0n) is 13.8. The van der Waals surface area contributed by atoms with Gasteiger partial charge in [0, 0.05) is 11.6 Å². The maximum absolute atomic E-state index is 12.2. The molecule has 0 bridgehead atoms. The number of methoxy groups -OCH3 is 3. The molecule has 25 heavy (non-hydrogen) atoms. The van der Waals surface area contributed by atoms with Crippen LogP contribution in [0.25, 0.3) is 0 Å². The molecule has 0 atom stereocenters. The van der Waals surface area contributed by atoms with E-state index in [1.165, 1.54) is 14.2 Å².